The molecule has 0 bridgehead atoms. The standard InChI is InChI=1S/C45H46N6O11/c1-5-26-12-30-20-46-35-18-39(37(57-3)16-33(35)44(55)49(30)22-26)60-24-28-14-32(59-11-7-8-43(54)62-51-41(52)9-10-42(51)53)15-29(48-28)25-61-40-19-36-34(17-38(40)58-4)45(56)50-23-27(6-2)13-31(50)21-47-36/h5-6,9-10,14-21,30-31,52-53H,7-8,11-13,22-25H2,1-4H3/t30-,31-/m0/s1. The van der Waals surface area contributed by atoms with Crippen LogP contribution in [-0.4, -0.2) is 106 Å². The normalized spacial score (nSPS) is 18.8. The van der Waals surface area contributed by atoms with E-state index in [9.17, 15) is 24.6 Å². The second-order valence-electron chi connectivity index (χ2n) is 15.0. The average molecular weight is 847 g/mol. The van der Waals surface area contributed by atoms with Crippen molar-refractivity contribution in [1.29, 1.82) is 0 Å². The number of fused-ring (bicyclic) bond motifs is 4. The predicted octanol–water partition coefficient (Wildman–Crippen LogP) is 6.04. The number of rotatable bonds is 14. The Morgan fingerprint density at radius 3 is 1.69 bits per heavy atom. The van der Waals surface area contributed by atoms with Crippen molar-refractivity contribution in [3.05, 3.63) is 94.3 Å². The van der Waals surface area contributed by atoms with Crippen LogP contribution in [0.3, 0.4) is 0 Å². The van der Waals surface area contributed by atoms with Gasteiger partial charge >= 0.3 is 5.97 Å². The minimum atomic E-state index is -0.694. The van der Waals surface area contributed by atoms with Gasteiger partial charge in [-0.05, 0) is 45.2 Å². The molecule has 0 radical (unpaired) electrons. The summed E-state index contributed by atoms with van der Waals surface area (Å²) >= 11 is 0. The molecule has 2 saturated heterocycles. The molecule has 2 aromatic heterocycles. The molecule has 6 heterocycles. The number of nitrogens with zero attached hydrogens (tertiary/aromatic N) is 6. The van der Waals surface area contributed by atoms with Gasteiger partial charge in [-0.25, -0.2) is 4.79 Å². The number of aromatic hydroxyl groups is 2. The Hall–Kier alpha value is -7.30. The summed E-state index contributed by atoms with van der Waals surface area (Å²) in [6, 6.07) is 12.1. The number of carbonyl (C=O) groups is 3. The Kier molecular flexibility index (Phi) is 11.9. The van der Waals surface area contributed by atoms with Crippen LogP contribution in [0.2, 0.25) is 0 Å². The topological polar surface area (TPSA) is 196 Å². The molecule has 17 heteroatoms. The SMILES string of the molecule is CC=C1C[C@H]2C=Nc3cc(OCc4cc(OCCCC(=O)On5c(O)ccc5O)cc(COc5cc6c(cc5OC)C(=O)N5CC(=CC)C[C@H]5C=N6)n4)c(OC)cc3C(=O)N2C1. The Balaban J connectivity index is 1.01. The van der Waals surface area contributed by atoms with Crippen molar-refractivity contribution in [2.75, 3.05) is 33.9 Å². The minimum Gasteiger partial charge on any atom is -0.493 e. The molecule has 2 N–H and O–H groups in total. The summed E-state index contributed by atoms with van der Waals surface area (Å²) in [6.07, 6.45) is 9.28. The third kappa shape index (κ3) is 8.50. The summed E-state index contributed by atoms with van der Waals surface area (Å²) in [6.45, 7) is 5.03. The minimum absolute atomic E-state index is 0.0435. The summed E-state index contributed by atoms with van der Waals surface area (Å²) in [4.78, 5) is 62.5. The molecule has 0 spiro atoms. The lowest BCUT2D eigenvalue weighted by molar-refractivity contribution is -0.145. The van der Waals surface area contributed by atoms with E-state index in [1.807, 2.05) is 26.0 Å². The first kappa shape index (κ1) is 41.4. The summed E-state index contributed by atoms with van der Waals surface area (Å²) < 4.78 is 30.6. The molecule has 0 unspecified atom stereocenters. The second kappa shape index (κ2) is 17.7. The smallest absolute Gasteiger partial charge is 0.333 e. The number of amides is 2. The number of hydrogen-bond donors (Lipinski definition) is 2. The van der Waals surface area contributed by atoms with E-state index in [0.29, 0.717) is 80.5 Å². The highest BCUT2D eigenvalue weighted by atomic mass is 16.7. The lowest BCUT2D eigenvalue weighted by atomic mass is 10.1. The monoisotopic (exact) mass is 846 g/mol. The Labute approximate surface area is 357 Å². The molecule has 0 aliphatic carbocycles. The average Bonchev–Trinajstić information content (AvgIpc) is 3.95. The molecule has 8 rings (SSSR count). The summed E-state index contributed by atoms with van der Waals surface area (Å²) in [7, 11) is 3.00. The highest BCUT2D eigenvalue weighted by Gasteiger charge is 2.36. The maximum Gasteiger partial charge on any atom is 0.333 e. The number of aliphatic imine (C=N–C) groups is 2. The molecule has 2 fully saturated rings. The van der Waals surface area contributed by atoms with Crippen molar-refractivity contribution in [1.82, 2.24) is 19.5 Å². The molecule has 0 saturated carbocycles. The highest BCUT2D eigenvalue weighted by Crippen LogP contribution is 2.41. The first-order valence-electron chi connectivity index (χ1n) is 20.2. The molecule has 17 nitrogen and oxygen atoms in total. The van der Waals surface area contributed by atoms with Crippen molar-refractivity contribution < 1.29 is 53.1 Å². The number of allylic oxidation sites excluding steroid dienone is 2. The van der Waals surface area contributed by atoms with Crippen LogP contribution in [0.5, 0.6) is 40.5 Å². The van der Waals surface area contributed by atoms with Gasteiger partial charge in [0.1, 0.15) is 19.0 Å². The molecule has 62 heavy (non-hydrogen) atoms. The lowest BCUT2D eigenvalue weighted by Gasteiger charge is -2.20. The lowest BCUT2D eigenvalue weighted by Crippen LogP contribution is -2.35. The van der Waals surface area contributed by atoms with Crippen LogP contribution in [0.1, 0.15) is 71.6 Å². The number of carbonyl (C=O) groups excluding carboxylic acids is 3. The number of ether oxygens (including phenoxy) is 5. The first-order chi connectivity index (χ1) is 30.0. The number of pyridine rings is 1. The molecule has 322 valence electrons. The Morgan fingerprint density at radius 2 is 1.23 bits per heavy atom. The van der Waals surface area contributed by atoms with Crippen molar-refractivity contribution in [2.45, 2.75) is 64.8 Å². The van der Waals surface area contributed by atoms with Crippen LogP contribution in [0.15, 0.2) is 81.8 Å². The summed E-state index contributed by atoms with van der Waals surface area (Å²) in [5.74, 6) is -0.0102. The van der Waals surface area contributed by atoms with E-state index in [2.05, 4.69) is 9.98 Å². The van der Waals surface area contributed by atoms with Gasteiger partial charge in [-0.2, -0.15) is 0 Å². The van der Waals surface area contributed by atoms with Gasteiger partial charge in [0.05, 0.1) is 73.2 Å². The van der Waals surface area contributed by atoms with Gasteiger partial charge < -0.3 is 48.5 Å². The summed E-state index contributed by atoms with van der Waals surface area (Å²) in [5.41, 5.74) is 5.03. The van der Waals surface area contributed by atoms with Gasteiger partial charge in [-0.1, -0.05) is 23.3 Å². The molecular formula is C45H46N6O11. The number of hydrogen-bond acceptors (Lipinski definition) is 14. The zero-order valence-electron chi connectivity index (χ0n) is 34.7. The van der Waals surface area contributed by atoms with Gasteiger partial charge in [0, 0.05) is 61.9 Å². The third-order valence-corrected chi connectivity index (χ3v) is 11.1. The Bertz CT molecular complexity index is 2390. The zero-order chi connectivity index (χ0) is 43.5. The maximum absolute atomic E-state index is 13.6. The predicted molar refractivity (Wildman–Crippen MR) is 226 cm³/mol. The van der Waals surface area contributed by atoms with Gasteiger partial charge in [0.2, 0.25) is 11.8 Å². The number of benzene rings is 2. The van der Waals surface area contributed by atoms with E-state index in [1.165, 1.54) is 37.5 Å². The van der Waals surface area contributed by atoms with E-state index >= 15 is 0 Å². The number of methoxy groups -OCH3 is 2. The first-order valence-corrected chi connectivity index (χ1v) is 20.2. The maximum atomic E-state index is 13.6. The van der Waals surface area contributed by atoms with Crippen LogP contribution in [0.4, 0.5) is 11.4 Å². The van der Waals surface area contributed by atoms with Crippen molar-refractivity contribution in [2.24, 2.45) is 9.98 Å². The Morgan fingerprint density at radius 1 is 0.726 bits per heavy atom. The van der Waals surface area contributed by atoms with Crippen molar-refractivity contribution >= 4 is 41.6 Å². The molecular weight excluding hydrogens is 801 g/mol. The number of aromatic nitrogens is 2. The van der Waals surface area contributed by atoms with E-state index < -0.39 is 17.7 Å². The van der Waals surface area contributed by atoms with Gasteiger partial charge in [-0.3, -0.25) is 24.6 Å². The largest absolute Gasteiger partial charge is 0.493 e. The van der Waals surface area contributed by atoms with Gasteiger partial charge in [-0.15, -0.1) is 4.73 Å². The van der Waals surface area contributed by atoms with E-state index in [0.717, 1.165) is 12.8 Å². The van der Waals surface area contributed by atoms with Crippen LogP contribution in [-0.2, 0) is 18.0 Å². The molecule has 2 aromatic carbocycles. The second-order valence-corrected chi connectivity index (χ2v) is 15.0. The van der Waals surface area contributed by atoms with Crippen LogP contribution in [0.25, 0.3) is 0 Å². The molecule has 2 atom stereocenters. The van der Waals surface area contributed by atoms with Gasteiger partial charge in [0.25, 0.3) is 11.8 Å². The van der Waals surface area contributed by atoms with Crippen molar-refractivity contribution in [3.63, 3.8) is 0 Å². The highest BCUT2D eigenvalue weighted by molar-refractivity contribution is 6.04. The van der Waals surface area contributed by atoms with E-state index in [1.54, 1.807) is 58.6 Å². The van der Waals surface area contributed by atoms with Crippen LogP contribution >= 0.6 is 0 Å². The van der Waals surface area contributed by atoms with E-state index in [-0.39, 0.29) is 56.6 Å². The fourth-order valence-corrected chi connectivity index (χ4v) is 7.73. The third-order valence-electron chi connectivity index (χ3n) is 11.1. The molecule has 4 aliphatic heterocycles. The summed E-state index contributed by atoms with van der Waals surface area (Å²) in [5, 5.41) is 19.6. The fraction of sp³-hybridized carbons (Fsp3) is 0.333. The molecule has 4 aliphatic rings. The van der Waals surface area contributed by atoms with Gasteiger partial charge in [0.15, 0.2) is 23.0 Å². The quantitative estimate of drug-likeness (QED) is 0.111. The van der Waals surface area contributed by atoms with Crippen LogP contribution in [0, 0.1) is 0 Å². The van der Waals surface area contributed by atoms with E-state index in [4.69, 9.17) is 33.5 Å². The zero-order valence-corrected chi connectivity index (χ0v) is 34.7. The van der Waals surface area contributed by atoms with Crippen molar-refractivity contribution in [3.8, 4) is 40.5 Å². The molecule has 4 aromatic rings. The molecule has 2 amide bonds. The fourth-order valence-electron chi connectivity index (χ4n) is 7.73. The van der Waals surface area contributed by atoms with Crippen LogP contribution < -0.4 is 28.5 Å².